The van der Waals surface area contributed by atoms with Gasteiger partial charge in [0.05, 0.1) is 4.90 Å². The first-order valence-corrected chi connectivity index (χ1v) is 11.3. The number of anilines is 2. The Morgan fingerprint density at radius 2 is 1.57 bits per heavy atom. The molecule has 5 nitrogen and oxygen atoms in total. The molecule has 0 bridgehead atoms. The largest absolute Gasteiger partial charge is 0.398 e. The molecule has 0 amide bonds. The van der Waals surface area contributed by atoms with Crippen molar-refractivity contribution in [2.45, 2.75) is 39.1 Å². The van der Waals surface area contributed by atoms with E-state index >= 15 is 0 Å². The maximum atomic E-state index is 10.8. The van der Waals surface area contributed by atoms with Crippen LogP contribution in [0.15, 0.2) is 71.6 Å². The van der Waals surface area contributed by atoms with E-state index in [0.29, 0.717) is 11.3 Å². The molecule has 160 valence electrons. The molecule has 6 heteroatoms. The van der Waals surface area contributed by atoms with E-state index < -0.39 is 10.1 Å². The van der Waals surface area contributed by atoms with Crippen LogP contribution in [-0.2, 0) is 16.7 Å². The highest BCUT2D eigenvalue weighted by Crippen LogP contribution is 2.21. The van der Waals surface area contributed by atoms with Gasteiger partial charge in [-0.25, -0.2) is 0 Å². The molecule has 0 spiro atoms. The lowest BCUT2D eigenvalue weighted by Crippen LogP contribution is -2.21. The summed E-state index contributed by atoms with van der Waals surface area (Å²) in [4.78, 5) is 2.26. The molecule has 0 aliphatic heterocycles. The second kappa shape index (κ2) is 10.3. The van der Waals surface area contributed by atoms with Gasteiger partial charge in [0.25, 0.3) is 10.1 Å². The van der Waals surface area contributed by atoms with E-state index in [4.69, 9.17) is 10.3 Å². The molecule has 0 atom stereocenters. The molecule has 3 aromatic carbocycles. The first-order valence-electron chi connectivity index (χ1n) is 9.81. The third-order valence-corrected chi connectivity index (χ3v) is 5.80. The van der Waals surface area contributed by atoms with Gasteiger partial charge in [0, 0.05) is 24.5 Å². The molecule has 0 radical (unpaired) electrons. The molecule has 0 saturated carbocycles. The average Bonchev–Trinajstić information content (AvgIpc) is 2.69. The highest BCUT2D eigenvalue weighted by Gasteiger charge is 2.14. The zero-order chi connectivity index (χ0) is 22.3. The monoisotopic (exact) mass is 426 g/mol. The van der Waals surface area contributed by atoms with Gasteiger partial charge in [-0.1, -0.05) is 48.5 Å². The predicted molar refractivity (Wildman–Crippen MR) is 124 cm³/mol. The van der Waals surface area contributed by atoms with Crippen LogP contribution >= 0.6 is 0 Å². The van der Waals surface area contributed by atoms with Crippen molar-refractivity contribution in [2.75, 3.05) is 17.2 Å². The van der Waals surface area contributed by atoms with E-state index in [0.717, 1.165) is 18.7 Å². The molecule has 0 unspecified atom stereocenters. The van der Waals surface area contributed by atoms with E-state index in [-0.39, 0.29) is 4.90 Å². The number of benzene rings is 3. The Kier molecular flexibility index (Phi) is 8.03. The standard InChI is InChI=1S/C16H19N.C8H11NO3S/c1-3-17(13-15-9-5-4-6-10-15)16-11-7-8-14(2)12-16;1-5-3-6(2)8(4-7(5)9)13(10,11)12/h4-12H,3,13H2,1-2H3;3-4H,9H2,1-2H3,(H,10,11,12). The normalized spacial score (nSPS) is 10.8. The summed E-state index contributed by atoms with van der Waals surface area (Å²) >= 11 is 0. The minimum absolute atomic E-state index is 0.129. The Bertz CT molecular complexity index is 1080. The van der Waals surface area contributed by atoms with E-state index in [1.54, 1.807) is 19.9 Å². The molecule has 3 N–H and O–H groups in total. The quantitative estimate of drug-likeness (QED) is 0.435. The summed E-state index contributed by atoms with van der Waals surface area (Å²) < 4.78 is 30.4. The first-order chi connectivity index (χ1) is 14.1. The van der Waals surface area contributed by atoms with Crippen molar-refractivity contribution in [3.05, 3.63) is 89.0 Å². The van der Waals surface area contributed by atoms with Gasteiger partial charge in [-0.2, -0.15) is 8.42 Å². The maximum Gasteiger partial charge on any atom is 0.294 e. The zero-order valence-corrected chi connectivity index (χ0v) is 18.8. The van der Waals surface area contributed by atoms with E-state index in [1.807, 2.05) is 0 Å². The van der Waals surface area contributed by atoms with Crippen molar-refractivity contribution < 1.29 is 13.0 Å². The Morgan fingerprint density at radius 1 is 0.900 bits per heavy atom. The third-order valence-electron chi connectivity index (χ3n) is 4.81. The SMILES string of the molecule is CCN(Cc1ccccc1)c1cccc(C)c1.Cc1cc(C)c(S(=O)(=O)O)cc1N. The molecule has 0 fully saturated rings. The van der Waals surface area contributed by atoms with Gasteiger partial charge < -0.3 is 10.6 Å². The molecule has 3 aromatic rings. The minimum Gasteiger partial charge on any atom is -0.398 e. The Morgan fingerprint density at radius 3 is 2.13 bits per heavy atom. The van der Waals surface area contributed by atoms with E-state index in [2.05, 4.69) is 73.3 Å². The van der Waals surface area contributed by atoms with Crippen LogP contribution in [0.25, 0.3) is 0 Å². The molecule has 30 heavy (non-hydrogen) atoms. The van der Waals surface area contributed by atoms with Gasteiger partial charge in [0.1, 0.15) is 0 Å². The fourth-order valence-corrected chi connectivity index (χ4v) is 3.88. The van der Waals surface area contributed by atoms with Crippen molar-refractivity contribution in [3.63, 3.8) is 0 Å². The summed E-state index contributed by atoms with van der Waals surface area (Å²) in [5, 5.41) is 0. The second-order valence-corrected chi connectivity index (χ2v) is 8.68. The Hall–Kier alpha value is -2.83. The lowest BCUT2D eigenvalue weighted by Gasteiger charge is -2.23. The zero-order valence-electron chi connectivity index (χ0n) is 18.0. The molecule has 0 aromatic heterocycles. The van der Waals surface area contributed by atoms with Crippen LogP contribution in [0.2, 0.25) is 0 Å². The number of rotatable bonds is 5. The highest BCUT2D eigenvalue weighted by atomic mass is 32.2. The van der Waals surface area contributed by atoms with E-state index in [9.17, 15) is 8.42 Å². The van der Waals surface area contributed by atoms with Crippen LogP contribution < -0.4 is 10.6 Å². The van der Waals surface area contributed by atoms with Crippen molar-refractivity contribution in [1.82, 2.24) is 0 Å². The van der Waals surface area contributed by atoms with Gasteiger partial charge >= 0.3 is 0 Å². The third kappa shape index (κ3) is 6.61. The number of hydrogen-bond donors (Lipinski definition) is 2. The van der Waals surface area contributed by atoms with Crippen molar-refractivity contribution in [2.24, 2.45) is 0 Å². The first kappa shape index (κ1) is 23.4. The Labute approximate surface area is 179 Å². The number of nitrogens with zero attached hydrogens (tertiary/aromatic N) is 1. The molecule has 0 aliphatic rings. The van der Waals surface area contributed by atoms with Gasteiger partial charge in [0.15, 0.2) is 0 Å². The van der Waals surface area contributed by atoms with Crippen LogP contribution in [-0.4, -0.2) is 19.5 Å². The van der Waals surface area contributed by atoms with Crippen LogP contribution in [0.1, 0.15) is 29.2 Å². The lowest BCUT2D eigenvalue weighted by molar-refractivity contribution is 0.482. The van der Waals surface area contributed by atoms with Crippen LogP contribution in [0.4, 0.5) is 11.4 Å². The molecule has 0 saturated heterocycles. The van der Waals surface area contributed by atoms with Crippen molar-refractivity contribution in [3.8, 4) is 0 Å². The van der Waals surface area contributed by atoms with Crippen LogP contribution in [0, 0.1) is 20.8 Å². The smallest absolute Gasteiger partial charge is 0.294 e. The number of aryl methyl sites for hydroxylation is 3. The molecular formula is C24H30N2O3S. The van der Waals surface area contributed by atoms with Gasteiger partial charge in [-0.05, 0) is 68.1 Å². The van der Waals surface area contributed by atoms with Crippen LogP contribution in [0.3, 0.4) is 0 Å². The summed E-state index contributed by atoms with van der Waals surface area (Å²) in [7, 11) is -4.15. The van der Waals surface area contributed by atoms with Gasteiger partial charge in [-0.15, -0.1) is 0 Å². The van der Waals surface area contributed by atoms with Crippen molar-refractivity contribution in [1.29, 1.82) is 0 Å². The van der Waals surface area contributed by atoms with E-state index in [1.165, 1.54) is 22.9 Å². The summed E-state index contributed by atoms with van der Waals surface area (Å²) in [6, 6.07) is 22.2. The summed E-state index contributed by atoms with van der Waals surface area (Å²) in [6.07, 6.45) is 0. The Balaban J connectivity index is 0.000000222. The second-order valence-electron chi connectivity index (χ2n) is 7.29. The molecule has 0 aliphatic carbocycles. The van der Waals surface area contributed by atoms with Gasteiger partial charge in [0.2, 0.25) is 0 Å². The fourth-order valence-electron chi connectivity index (χ4n) is 3.14. The lowest BCUT2D eigenvalue weighted by atomic mass is 10.1. The average molecular weight is 427 g/mol. The number of nitrogens with two attached hydrogens (primary N) is 1. The summed E-state index contributed by atoms with van der Waals surface area (Å²) in [5.41, 5.74) is 11.1. The van der Waals surface area contributed by atoms with Gasteiger partial charge in [-0.3, -0.25) is 4.55 Å². The van der Waals surface area contributed by atoms with Crippen molar-refractivity contribution >= 4 is 21.5 Å². The fraction of sp³-hybridized carbons (Fsp3) is 0.250. The topological polar surface area (TPSA) is 83.6 Å². The minimum atomic E-state index is -4.15. The predicted octanol–water partition coefficient (Wildman–Crippen LogP) is 5.15. The molecule has 3 rings (SSSR count). The molecule has 0 heterocycles. The number of nitrogen functional groups attached to an aromatic ring is 1. The summed E-state index contributed by atoms with van der Waals surface area (Å²) in [6.45, 7) is 9.72. The van der Waals surface area contributed by atoms with Crippen LogP contribution in [0.5, 0.6) is 0 Å². The highest BCUT2D eigenvalue weighted by molar-refractivity contribution is 7.85. The maximum absolute atomic E-state index is 10.8. The summed E-state index contributed by atoms with van der Waals surface area (Å²) in [5.74, 6) is 0. The molecular weight excluding hydrogens is 396 g/mol. The number of hydrogen-bond acceptors (Lipinski definition) is 4.